The maximum absolute atomic E-state index is 12.5. The van der Waals surface area contributed by atoms with E-state index < -0.39 is 11.8 Å². The zero-order chi connectivity index (χ0) is 24.0. The van der Waals surface area contributed by atoms with Gasteiger partial charge in [0.2, 0.25) is 5.91 Å². The van der Waals surface area contributed by atoms with E-state index in [4.69, 9.17) is 0 Å². The summed E-state index contributed by atoms with van der Waals surface area (Å²) >= 11 is 0. The summed E-state index contributed by atoms with van der Waals surface area (Å²) in [6.45, 7) is 8.85. The molecule has 2 amide bonds. The number of nitriles is 1. The molecule has 3 aromatic rings. The minimum Gasteiger partial charge on any atom is -0.348 e. The van der Waals surface area contributed by atoms with Crippen LogP contribution in [0.2, 0.25) is 0 Å². The molecule has 2 N–H and O–H groups in total. The first-order chi connectivity index (χ1) is 15.8. The number of aromatic nitrogens is 4. The van der Waals surface area contributed by atoms with Gasteiger partial charge in [0, 0.05) is 23.6 Å². The quantitative estimate of drug-likeness (QED) is 0.408. The van der Waals surface area contributed by atoms with Crippen molar-refractivity contribution in [2.24, 2.45) is 5.92 Å². The van der Waals surface area contributed by atoms with Crippen LogP contribution in [0.25, 0.3) is 11.8 Å². The molecular formula is C24H27N7O2. The number of nitrogens with zero attached hydrogens (tertiary/aromatic N) is 5. The van der Waals surface area contributed by atoms with Crippen molar-refractivity contribution in [3.8, 4) is 11.8 Å². The molecule has 33 heavy (non-hydrogen) atoms. The van der Waals surface area contributed by atoms with Crippen molar-refractivity contribution in [2.75, 3.05) is 11.9 Å². The van der Waals surface area contributed by atoms with Crippen LogP contribution in [0, 0.1) is 31.1 Å². The zero-order valence-corrected chi connectivity index (χ0v) is 19.2. The zero-order valence-electron chi connectivity index (χ0n) is 19.2. The highest BCUT2D eigenvalue weighted by Crippen LogP contribution is 2.20. The lowest BCUT2D eigenvalue weighted by Crippen LogP contribution is -2.33. The molecule has 0 unspecified atom stereocenters. The van der Waals surface area contributed by atoms with E-state index in [0.29, 0.717) is 11.6 Å². The van der Waals surface area contributed by atoms with E-state index in [9.17, 15) is 14.9 Å². The summed E-state index contributed by atoms with van der Waals surface area (Å²) in [4.78, 5) is 28.6. The molecule has 2 heterocycles. The highest BCUT2D eigenvalue weighted by molar-refractivity contribution is 6.04. The van der Waals surface area contributed by atoms with Gasteiger partial charge in [-0.05, 0) is 61.7 Å². The first-order valence-corrected chi connectivity index (χ1v) is 10.6. The fraction of sp³-hybridized carbons (Fsp3) is 0.292. The molecule has 0 aliphatic carbocycles. The largest absolute Gasteiger partial charge is 0.348 e. The lowest BCUT2D eigenvalue weighted by atomic mass is 10.1. The van der Waals surface area contributed by atoms with Gasteiger partial charge in [0.25, 0.3) is 5.91 Å². The average molecular weight is 446 g/mol. The fourth-order valence-electron chi connectivity index (χ4n) is 3.42. The number of hydrogen-bond acceptors (Lipinski definition) is 5. The number of hydrogen-bond donors (Lipinski definition) is 2. The minimum atomic E-state index is -0.595. The molecule has 0 saturated carbocycles. The van der Waals surface area contributed by atoms with E-state index in [1.165, 1.54) is 6.33 Å². The Morgan fingerprint density at radius 3 is 2.55 bits per heavy atom. The van der Waals surface area contributed by atoms with Crippen LogP contribution in [0.15, 0.2) is 48.6 Å². The van der Waals surface area contributed by atoms with Gasteiger partial charge >= 0.3 is 0 Å². The van der Waals surface area contributed by atoms with Crippen molar-refractivity contribution in [3.05, 3.63) is 65.5 Å². The van der Waals surface area contributed by atoms with Gasteiger partial charge in [-0.3, -0.25) is 9.59 Å². The number of anilines is 1. The van der Waals surface area contributed by atoms with Gasteiger partial charge in [-0.25, -0.2) is 9.67 Å². The molecule has 0 aliphatic heterocycles. The predicted molar refractivity (Wildman–Crippen MR) is 125 cm³/mol. The Hall–Kier alpha value is -4.19. The number of rotatable bonds is 8. The first-order valence-electron chi connectivity index (χ1n) is 10.6. The van der Waals surface area contributed by atoms with Crippen LogP contribution in [-0.2, 0) is 16.1 Å². The highest BCUT2D eigenvalue weighted by Gasteiger charge is 2.14. The standard InChI is InChI=1S/C24H27N7O2/c1-16(2)13-30-17(3)9-19(18(30)4)10-20(11-25)24(33)27-12-23(32)29-21-5-7-22(8-6-21)31-15-26-14-28-31/h5-10,14-16H,12-13H2,1-4H3,(H,27,33)(H,29,32)/b20-10+. The summed E-state index contributed by atoms with van der Waals surface area (Å²) in [6.07, 6.45) is 4.58. The van der Waals surface area contributed by atoms with Crippen LogP contribution >= 0.6 is 0 Å². The van der Waals surface area contributed by atoms with E-state index in [1.807, 2.05) is 26.0 Å². The Morgan fingerprint density at radius 2 is 1.94 bits per heavy atom. The van der Waals surface area contributed by atoms with Crippen molar-refractivity contribution < 1.29 is 9.59 Å². The SMILES string of the molecule is Cc1cc(/C=C(\C#N)C(=O)NCC(=O)Nc2ccc(-n3cncn3)cc2)c(C)n1CC(C)C. The highest BCUT2D eigenvalue weighted by atomic mass is 16.2. The van der Waals surface area contributed by atoms with E-state index >= 15 is 0 Å². The van der Waals surface area contributed by atoms with Crippen molar-refractivity contribution in [3.63, 3.8) is 0 Å². The van der Waals surface area contributed by atoms with Crippen molar-refractivity contribution in [1.29, 1.82) is 5.26 Å². The second kappa shape index (κ2) is 10.4. The average Bonchev–Trinajstić information content (AvgIpc) is 3.41. The van der Waals surface area contributed by atoms with Crippen LogP contribution in [0.5, 0.6) is 0 Å². The van der Waals surface area contributed by atoms with Crippen LogP contribution in [0.1, 0.15) is 30.8 Å². The molecule has 0 saturated heterocycles. The number of carbonyl (C=O) groups excluding carboxylic acids is 2. The maximum Gasteiger partial charge on any atom is 0.262 e. The molecule has 1 aromatic carbocycles. The van der Waals surface area contributed by atoms with Crippen molar-refractivity contribution >= 4 is 23.6 Å². The topological polar surface area (TPSA) is 118 Å². The Kier molecular flexibility index (Phi) is 7.41. The second-order valence-electron chi connectivity index (χ2n) is 8.12. The van der Waals surface area contributed by atoms with Crippen LogP contribution in [0.4, 0.5) is 5.69 Å². The first kappa shape index (κ1) is 23.5. The number of aryl methyl sites for hydroxylation is 1. The molecule has 3 rings (SSSR count). The normalized spacial score (nSPS) is 11.3. The van der Waals surface area contributed by atoms with Crippen LogP contribution < -0.4 is 10.6 Å². The van der Waals surface area contributed by atoms with Crippen LogP contribution in [-0.4, -0.2) is 37.7 Å². The van der Waals surface area contributed by atoms with E-state index in [0.717, 1.165) is 29.2 Å². The third-order valence-corrected chi connectivity index (χ3v) is 5.07. The van der Waals surface area contributed by atoms with Gasteiger partial charge in [0.1, 0.15) is 24.3 Å². The Bertz CT molecular complexity index is 1200. The lowest BCUT2D eigenvalue weighted by molar-refractivity contribution is -0.121. The maximum atomic E-state index is 12.5. The smallest absolute Gasteiger partial charge is 0.262 e. The molecule has 0 atom stereocenters. The predicted octanol–water partition coefficient (Wildman–Crippen LogP) is 3.00. The van der Waals surface area contributed by atoms with E-state index in [-0.39, 0.29) is 12.1 Å². The van der Waals surface area contributed by atoms with Gasteiger partial charge in [0.15, 0.2) is 0 Å². The van der Waals surface area contributed by atoms with E-state index in [2.05, 4.69) is 39.1 Å². The van der Waals surface area contributed by atoms with Crippen LogP contribution in [0.3, 0.4) is 0 Å². The summed E-state index contributed by atoms with van der Waals surface area (Å²) in [7, 11) is 0. The molecule has 9 heteroatoms. The van der Waals surface area contributed by atoms with Gasteiger partial charge < -0.3 is 15.2 Å². The monoisotopic (exact) mass is 445 g/mol. The molecule has 0 radical (unpaired) electrons. The van der Waals surface area contributed by atoms with Crippen molar-refractivity contribution in [2.45, 2.75) is 34.2 Å². The van der Waals surface area contributed by atoms with E-state index in [1.54, 1.807) is 41.4 Å². The van der Waals surface area contributed by atoms with Gasteiger partial charge in [-0.1, -0.05) is 13.8 Å². The third-order valence-electron chi connectivity index (χ3n) is 5.07. The fourth-order valence-corrected chi connectivity index (χ4v) is 3.42. The summed E-state index contributed by atoms with van der Waals surface area (Å²) in [5.41, 5.74) is 4.21. The molecule has 0 aliphatic rings. The summed E-state index contributed by atoms with van der Waals surface area (Å²) < 4.78 is 3.77. The van der Waals surface area contributed by atoms with Gasteiger partial charge in [0.05, 0.1) is 12.2 Å². The minimum absolute atomic E-state index is 0.0511. The van der Waals surface area contributed by atoms with Gasteiger partial charge in [-0.15, -0.1) is 0 Å². The number of nitrogens with one attached hydrogen (secondary N) is 2. The number of benzene rings is 1. The summed E-state index contributed by atoms with van der Waals surface area (Å²) in [5.74, 6) is -0.519. The molecule has 9 nitrogen and oxygen atoms in total. The summed E-state index contributed by atoms with van der Waals surface area (Å²) in [6, 6.07) is 10.9. The molecule has 0 fully saturated rings. The van der Waals surface area contributed by atoms with Gasteiger partial charge in [-0.2, -0.15) is 10.4 Å². The molecule has 2 aromatic heterocycles. The molecule has 0 bridgehead atoms. The lowest BCUT2D eigenvalue weighted by Gasteiger charge is -2.12. The molecule has 0 spiro atoms. The van der Waals surface area contributed by atoms with Crippen molar-refractivity contribution in [1.82, 2.24) is 24.6 Å². The molecular weight excluding hydrogens is 418 g/mol. The molecule has 170 valence electrons. The summed E-state index contributed by atoms with van der Waals surface area (Å²) in [5, 5.41) is 18.7. The Morgan fingerprint density at radius 1 is 1.21 bits per heavy atom. The number of carbonyl (C=O) groups is 2. The second-order valence-corrected chi connectivity index (χ2v) is 8.12. The Labute approximate surface area is 192 Å². The third kappa shape index (κ3) is 5.95. The Balaban J connectivity index is 1.60. The number of amides is 2.